The lowest BCUT2D eigenvalue weighted by atomic mass is 10.2. The van der Waals surface area contributed by atoms with Gasteiger partial charge in [0.1, 0.15) is 0 Å². The summed E-state index contributed by atoms with van der Waals surface area (Å²) in [6.07, 6.45) is 4.83. The van der Waals surface area contributed by atoms with Crippen molar-refractivity contribution < 1.29 is 4.79 Å². The third-order valence-corrected chi connectivity index (χ3v) is 3.67. The van der Waals surface area contributed by atoms with E-state index in [9.17, 15) is 4.79 Å². The van der Waals surface area contributed by atoms with Crippen LogP contribution in [0.5, 0.6) is 0 Å². The molecule has 0 bridgehead atoms. The molecule has 1 atom stereocenters. The molecule has 0 aromatic rings. The molecule has 0 radical (unpaired) electrons. The van der Waals surface area contributed by atoms with Gasteiger partial charge < -0.3 is 15.5 Å². The van der Waals surface area contributed by atoms with Gasteiger partial charge in [-0.15, -0.1) is 0 Å². The lowest BCUT2D eigenvalue weighted by Crippen LogP contribution is -2.46. The van der Waals surface area contributed by atoms with Crippen LogP contribution in [0.2, 0.25) is 0 Å². The fraction of sp³-hybridized carbons (Fsp3) is 0.923. The topological polar surface area (TPSA) is 44.4 Å². The fourth-order valence-corrected chi connectivity index (χ4v) is 2.46. The quantitative estimate of drug-likeness (QED) is 0.683. The van der Waals surface area contributed by atoms with E-state index in [4.69, 9.17) is 0 Å². The van der Waals surface area contributed by atoms with Crippen molar-refractivity contribution in [2.45, 2.75) is 38.6 Å². The number of nitrogens with zero attached hydrogens (tertiary/aromatic N) is 1. The summed E-state index contributed by atoms with van der Waals surface area (Å²) < 4.78 is 0. The van der Waals surface area contributed by atoms with Gasteiger partial charge in [0, 0.05) is 19.1 Å². The van der Waals surface area contributed by atoms with Gasteiger partial charge in [0.25, 0.3) is 0 Å². The summed E-state index contributed by atoms with van der Waals surface area (Å²) in [4.78, 5) is 14.2. The van der Waals surface area contributed by atoms with E-state index in [2.05, 4.69) is 22.5 Å². The van der Waals surface area contributed by atoms with Crippen molar-refractivity contribution in [3.05, 3.63) is 0 Å². The zero-order valence-corrected chi connectivity index (χ0v) is 10.9. The first-order chi connectivity index (χ1) is 8.31. The molecular weight excluding hydrogens is 214 g/mol. The van der Waals surface area contributed by atoms with E-state index >= 15 is 0 Å². The lowest BCUT2D eigenvalue weighted by molar-refractivity contribution is -0.132. The van der Waals surface area contributed by atoms with Crippen LogP contribution >= 0.6 is 0 Å². The molecule has 2 N–H and O–H groups in total. The van der Waals surface area contributed by atoms with E-state index in [1.807, 2.05) is 0 Å². The zero-order valence-electron chi connectivity index (χ0n) is 10.9. The maximum Gasteiger partial charge on any atom is 0.236 e. The molecule has 4 nitrogen and oxygen atoms in total. The van der Waals surface area contributed by atoms with Crippen molar-refractivity contribution in [2.24, 2.45) is 5.92 Å². The number of hydrogen-bond donors (Lipinski definition) is 2. The second-order valence-corrected chi connectivity index (χ2v) is 5.31. The number of hydrogen-bond acceptors (Lipinski definition) is 3. The highest BCUT2D eigenvalue weighted by Crippen LogP contribution is 2.27. The predicted molar refractivity (Wildman–Crippen MR) is 68.9 cm³/mol. The second kappa shape index (κ2) is 6.36. The molecule has 1 unspecified atom stereocenters. The van der Waals surface area contributed by atoms with Crippen molar-refractivity contribution in [2.75, 3.05) is 32.7 Å². The summed E-state index contributed by atoms with van der Waals surface area (Å²) in [6, 6.07) is 0.421. The van der Waals surface area contributed by atoms with E-state index in [0.717, 1.165) is 44.9 Å². The molecule has 1 heterocycles. The largest absolute Gasteiger partial charge is 0.337 e. The Labute approximate surface area is 104 Å². The Hall–Kier alpha value is -0.610. The van der Waals surface area contributed by atoms with Gasteiger partial charge in [-0.05, 0) is 44.7 Å². The van der Waals surface area contributed by atoms with Crippen LogP contribution < -0.4 is 10.6 Å². The molecule has 0 aromatic heterocycles. The number of rotatable bonds is 7. The summed E-state index contributed by atoms with van der Waals surface area (Å²) in [5.41, 5.74) is 0. The van der Waals surface area contributed by atoms with Crippen molar-refractivity contribution in [3.63, 3.8) is 0 Å². The van der Waals surface area contributed by atoms with Crippen molar-refractivity contribution in [3.8, 4) is 0 Å². The van der Waals surface area contributed by atoms with Gasteiger partial charge in [-0.2, -0.15) is 0 Å². The molecule has 4 heteroatoms. The summed E-state index contributed by atoms with van der Waals surface area (Å²) in [5, 5.41) is 6.63. The monoisotopic (exact) mass is 239 g/mol. The van der Waals surface area contributed by atoms with Crippen LogP contribution in [0.3, 0.4) is 0 Å². The molecule has 1 amide bonds. The minimum Gasteiger partial charge on any atom is -0.337 e. The first-order valence-electron chi connectivity index (χ1n) is 7.02. The Morgan fingerprint density at radius 1 is 1.41 bits per heavy atom. The zero-order chi connectivity index (χ0) is 12.1. The van der Waals surface area contributed by atoms with E-state index < -0.39 is 0 Å². The van der Waals surface area contributed by atoms with Crippen molar-refractivity contribution >= 4 is 5.91 Å². The summed E-state index contributed by atoms with van der Waals surface area (Å²) >= 11 is 0. The molecule has 0 aromatic carbocycles. The molecular formula is C13H25N3O. The van der Waals surface area contributed by atoms with Crippen LogP contribution in [0.15, 0.2) is 0 Å². The normalized spacial score (nSPS) is 23.9. The molecule has 2 aliphatic rings. The van der Waals surface area contributed by atoms with Gasteiger partial charge in [0.2, 0.25) is 5.91 Å². The second-order valence-electron chi connectivity index (χ2n) is 5.31. The molecule has 1 saturated carbocycles. The van der Waals surface area contributed by atoms with E-state index in [-0.39, 0.29) is 5.91 Å². The maximum absolute atomic E-state index is 12.2. The van der Waals surface area contributed by atoms with Gasteiger partial charge in [0.05, 0.1) is 6.54 Å². The predicted octanol–water partition coefficient (Wildman–Crippen LogP) is 0.587. The molecule has 0 spiro atoms. The minimum atomic E-state index is 0.279. The van der Waals surface area contributed by atoms with Gasteiger partial charge in [-0.1, -0.05) is 6.92 Å². The van der Waals surface area contributed by atoms with Crippen LogP contribution in [0.25, 0.3) is 0 Å². The molecule has 2 rings (SSSR count). The highest BCUT2D eigenvalue weighted by atomic mass is 16.2. The summed E-state index contributed by atoms with van der Waals surface area (Å²) in [5.74, 6) is 1.12. The average Bonchev–Trinajstić information content (AvgIpc) is 2.99. The highest BCUT2D eigenvalue weighted by Gasteiger charge is 2.26. The first kappa shape index (κ1) is 12.8. The Morgan fingerprint density at radius 3 is 2.82 bits per heavy atom. The minimum absolute atomic E-state index is 0.279. The Kier molecular flexibility index (Phi) is 4.80. The molecule has 1 aliphatic carbocycles. The SMILES string of the molecule is CCCN(C(=O)CNCC1CC1)C1CCNC1. The Morgan fingerprint density at radius 2 is 2.24 bits per heavy atom. The summed E-state index contributed by atoms with van der Waals surface area (Å²) in [7, 11) is 0. The molecule has 1 aliphatic heterocycles. The van der Waals surface area contributed by atoms with Crippen LogP contribution in [-0.2, 0) is 4.79 Å². The molecule has 1 saturated heterocycles. The fourth-order valence-electron chi connectivity index (χ4n) is 2.46. The number of carbonyl (C=O) groups is 1. The van der Waals surface area contributed by atoms with Gasteiger partial charge in [-0.25, -0.2) is 0 Å². The third kappa shape index (κ3) is 3.96. The van der Waals surface area contributed by atoms with Gasteiger partial charge >= 0.3 is 0 Å². The maximum atomic E-state index is 12.2. The van der Waals surface area contributed by atoms with Crippen LogP contribution in [0.1, 0.15) is 32.6 Å². The smallest absolute Gasteiger partial charge is 0.236 e. The number of amides is 1. The van der Waals surface area contributed by atoms with Crippen molar-refractivity contribution in [1.82, 2.24) is 15.5 Å². The Balaban J connectivity index is 1.74. The molecule has 98 valence electrons. The van der Waals surface area contributed by atoms with E-state index in [1.54, 1.807) is 0 Å². The van der Waals surface area contributed by atoms with E-state index in [0.29, 0.717) is 12.6 Å². The van der Waals surface area contributed by atoms with Crippen LogP contribution in [0, 0.1) is 5.92 Å². The lowest BCUT2D eigenvalue weighted by Gasteiger charge is -2.28. The summed E-state index contributed by atoms with van der Waals surface area (Å²) in [6.45, 7) is 6.60. The average molecular weight is 239 g/mol. The van der Waals surface area contributed by atoms with E-state index in [1.165, 1.54) is 12.8 Å². The standard InChI is InChI=1S/C13H25N3O/c1-2-7-16(12-5-6-14-9-12)13(17)10-15-8-11-3-4-11/h11-12,14-15H,2-10H2,1H3. The highest BCUT2D eigenvalue weighted by molar-refractivity contribution is 5.78. The number of carbonyl (C=O) groups excluding carboxylic acids is 1. The third-order valence-electron chi connectivity index (χ3n) is 3.67. The Bertz CT molecular complexity index is 247. The molecule has 17 heavy (non-hydrogen) atoms. The molecule has 2 fully saturated rings. The van der Waals surface area contributed by atoms with Gasteiger partial charge in [0.15, 0.2) is 0 Å². The van der Waals surface area contributed by atoms with Crippen LogP contribution in [0.4, 0.5) is 0 Å². The van der Waals surface area contributed by atoms with Gasteiger partial charge in [-0.3, -0.25) is 4.79 Å². The van der Waals surface area contributed by atoms with Crippen LogP contribution in [-0.4, -0.2) is 49.6 Å². The number of nitrogens with one attached hydrogen (secondary N) is 2. The van der Waals surface area contributed by atoms with Crippen molar-refractivity contribution in [1.29, 1.82) is 0 Å². The first-order valence-corrected chi connectivity index (χ1v) is 7.02.